The molecule has 24 heavy (non-hydrogen) atoms. The Hall–Kier alpha value is -2.29. The van der Waals surface area contributed by atoms with Crippen LogP contribution in [0.2, 0.25) is 0 Å². The molecular formula is C21H26O3. The second-order valence-corrected chi connectivity index (χ2v) is 8.29. The summed E-state index contributed by atoms with van der Waals surface area (Å²) in [5.41, 5.74) is 2.05. The number of hydrogen-bond acceptors (Lipinski definition) is 3. The van der Waals surface area contributed by atoms with E-state index in [2.05, 4.69) is 0 Å². The minimum Gasteiger partial charge on any atom is -0.507 e. The van der Waals surface area contributed by atoms with E-state index < -0.39 is 0 Å². The lowest BCUT2D eigenvalue weighted by atomic mass is 9.83. The molecule has 0 saturated carbocycles. The summed E-state index contributed by atoms with van der Waals surface area (Å²) in [5, 5.41) is 20.3. The summed E-state index contributed by atoms with van der Waals surface area (Å²) < 4.78 is 0. The Morgan fingerprint density at radius 2 is 1.04 bits per heavy atom. The van der Waals surface area contributed by atoms with Crippen LogP contribution in [0, 0.1) is 0 Å². The Morgan fingerprint density at radius 1 is 0.708 bits per heavy atom. The van der Waals surface area contributed by atoms with Gasteiger partial charge in [-0.05, 0) is 46.2 Å². The van der Waals surface area contributed by atoms with Crippen molar-refractivity contribution in [2.24, 2.45) is 0 Å². The van der Waals surface area contributed by atoms with Crippen LogP contribution in [-0.4, -0.2) is 16.0 Å². The highest BCUT2D eigenvalue weighted by atomic mass is 16.3. The van der Waals surface area contributed by atoms with Crippen molar-refractivity contribution < 1.29 is 15.0 Å². The number of phenolic OH excluding ortho intramolecular Hbond substituents is 2. The van der Waals surface area contributed by atoms with Crippen LogP contribution in [0.4, 0.5) is 0 Å². The molecule has 2 aromatic rings. The van der Waals surface area contributed by atoms with Gasteiger partial charge in [-0.3, -0.25) is 4.79 Å². The fraction of sp³-hybridized carbons (Fsp3) is 0.381. The van der Waals surface area contributed by atoms with Gasteiger partial charge >= 0.3 is 0 Å². The Labute approximate surface area is 144 Å². The number of hydrogen-bond donors (Lipinski definition) is 2. The SMILES string of the molecule is CC(C)(C)c1ccc(O)c(C(=O)c2cc(C(C)(C)C)ccc2O)c1. The Morgan fingerprint density at radius 3 is 1.33 bits per heavy atom. The van der Waals surface area contributed by atoms with Crippen molar-refractivity contribution in [2.75, 3.05) is 0 Å². The van der Waals surface area contributed by atoms with Crippen molar-refractivity contribution in [1.82, 2.24) is 0 Å². The smallest absolute Gasteiger partial charge is 0.200 e. The maximum Gasteiger partial charge on any atom is 0.200 e. The third-order valence-electron chi connectivity index (χ3n) is 4.21. The van der Waals surface area contributed by atoms with Gasteiger partial charge in [0.1, 0.15) is 11.5 Å². The van der Waals surface area contributed by atoms with Crippen LogP contribution in [0.25, 0.3) is 0 Å². The van der Waals surface area contributed by atoms with E-state index in [0.29, 0.717) is 0 Å². The van der Waals surface area contributed by atoms with Crippen LogP contribution >= 0.6 is 0 Å². The van der Waals surface area contributed by atoms with E-state index in [0.717, 1.165) is 11.1 Å². The highest BCUT2D eigenvalue weighted by Gasteiger charge is 2.23. The average Bonchev–Trinajstić information content (AvgIpc) is 2.45. The Balaban J connectivity index is 2.57. The molecule has 2 N–H and O–H groups in total. The quantitative estimate of drug-likeness (QED) is 0.770. The maximum absolute atomic E-state index is 12.9. The fourth-order valence-corrected chi connectivity index (χ4v) is 2.51. The maximum atomic E-state index is 12.9. The molecule has 2 aromatic carbocycles. The molecule has 2 rings (SSSR count). The number of carbonyl (C=O) groups is 1. The topological polar surface area (TPSA) is 57.5 Å². The summed E-state index contributed by atoms with van der Waals surface area (Å²) in [7, 11) is 0. The van der Waals surface area contributed by atoms with E-state index in [1.54, 1.807) is 24.3 Å². The number of phenols is 2. The van der Waals surface area contributed by atoms with E-state index >= 15 is 0 Å². The van der Waals surface area contributed by atoms with Gasteiger partial charge in [0, 0.05) is 0 Å². The van der Waals surface area contributed by atoms with Crippen LogP contribution in [-0.2, 0) is 10.8 Å². The molecule has 3 heteroatoms. The molecule has 0 radical (unpaired) electrons. The van der Waals surface area contributed by atoms with Crippen LogP contribution in [0.3, 0.4) is 0 Å². The fourth-order valence-electron chi connectivity index (χ4n) is 2.51. The number of aromatic hydroxyl groups is 2. The first-order chi connectivity index (χ1) is 10.9. The largest absolute Gasteiger partial charge is 0.507 e. The minimum absolute atomic E-state index is 0.0754. The standard InChI is InChI=1S/C21H26O3/c1-20(2,3)13-7-9-17(22)15(11-13)19(24)16-12-14(21(4,5)6)8-10-18(16)23/h7-12,22-23H,1-6H3. The van der Waals surface area contributed by atoms with Gasteiger partial charge in [-0.1, -0.05) is 53.7 Å². The normalized spacial score (nSPS) is 12.2. The van der Waals surface area contributed by atoms with Gasteiger partial charge in [0.2, 0.25) is 0 Å². The molecule has 0 aromatic heterocycles. The molecule has 0 saturated heterocycles. The second-order valence-electron chi connectivity index (χ2n) is 8.29. The lowest BCUT2D eigenvalue weighted by molar-refractivity contribution is 0.103. The molecule has 0 aliphatic heterocycles. The zero-order valence-corrected chi connectivity index (χ0v) is 15.3. The summed E-state index contributed by atoms with van der Waals surface area (Å²) in [6, 6.07) is 10.1. The van der Waals surface area contributed by atoms with Crippen molar-refractivity contribution in [1.29, 1.82) is 0 Å². The first-order valence-electron chi connectivity index (χ1n) is 8.13. The van der Waals surface area contributed by atoms with E-state index in [4.69, 9.17) is 0 Å². The van der Waals surface area contributed by atoms with Crippen molar-refractivity contribution in [3.8, 4) is 11.5 Å². The van der Waals surface area contributed by atoms with Gasteiger partial charge in [0.25, 0.3) is 0 Å². The van der Waals surface area contributed by atoms with Gasteiger partial charge in [-0.2, -0.15) is 0 Å². The summed E-state index contributed by atoms with van der Waals surface area (Å²) >= 11 is 0. The molecule has 0 bridgehead atoms. The van der Waals surface area contributed by atoms with Gasteiger partial charge in [-0.25, -0.2) is 0 Å². The molecule has 0 fully saturated rings. The zero-order valence-electron chi connectivity index (χ0n) is 15.3. The molecule has 0 aliphatic rings. The third kappa shape index (κ3) is 3.61. The first-order valence-corrected chi connectivity index (χ1v) is 8.13. The molecule has 0 heterocycles. The average molecular weight is 326 g/mol. The van der Waals surface area contributed by atoms with E-state index in [-0.39, 0.29) is 39.2 Å². The molecular weight excluding hydrogens is 300 g/mol. The van der Waals surface area contributed by atoms with Crippen LogP contribution in [0.1, 0.15) is 68.6 Å². The van der Waals surface area contributed by atoms with Crippen molar-refractivity contribution >= 4 is 5.78 Å². The molecule has 0 unspecified atom stereocenters. The van der Waals surface area contributed by atoms with Crippen LogP contribution in [0.15, 0.2) is 36.4 Å². The molecule has 0 atom stereocenters. The van der Waals surface area contributed by atoms with Crippen molar-refractivity contribution in [2.45, 2.75) is 52.4 Å². The lowest BCUT2D eigenvalue weighted by Crippen LogP contribution is -2.14. The monoisotopic (exact) mass is 326 g/mol. The molecule has 0 amide bonds. The second kappa shape index (κ2) is 5.97. The molecule has 0 spiro atoms. The highest BCUT2D eigenvalue weighted by molar-refractivity contribution is 6.12. The first kappa shape index (κ1) is 18.1. The van der Waals surface area contributed by atoms with Gasteiger partial charge < -0.3 is 10.2 Å². The lowest BCUT2D eigenvalue weighted by Gasteiger charge is -2.21. The number of benzene rings is 2. The van der Waals surface area contributed by atoms with Gasteiger partial charge in [0.05, 0.1) is 11.1 Å². The summed E-state index contributed by atoms with van der Waals surface area (Å²) in [5.74, 6) is -0.524. The minimum atomic E-state index is -0.373. The Bertz CT molecular complexity index is 709. The summed E-state index contributed by atoms with van der Waals surface area (Å²) in [6.07, 6.45) is 0. The number of rotatable bonds is 2. The third-order valence-corrected chi connectivity index (χ3v) is 4.21. The Kier molecular flexibility index (Phi) is 4.49. The highest BCUT2D eigenvalue weighted by Crippen LogP contribution is 2.32. The van der Waals surface area contributed by atoms with Gasteiger partial charge in [0.15, 0.2) is 5.78 Å². The van der Waals surface area contributed by atoms with E-state index in [1.807, 2.05) is 53.7 Å². The number of carbonyl (C=O) groups excluding carboxylic acids is 1. The number of ketones is 1. The predicted molar refractivity (Wildman–Crippen MR) is 97.0 cm³/mol. The van der Waals surface area contributed by atoms with Crippen LogP contribution < -0.4 is 0 Å². The van der Waals surface area contributed by atoms with E-state index in [9.17, 15) is 15.0 Å². The van der Waals surface area contributed by atoms with Gasteiger partial charge in [-0.15, -0.1) is 0 Å². The van der Waals surface area contributed by atoms with Crippen LogP contribution in [0.5, 0.6) is 11.5 Å². The summed E-state index contributed by atoms with van der Waals surface area (Å²) in [6.45, 7) is 12.3. The predicted octanol–water partition coefficient (Wildman–Crippen LogP) is 4.92. The molecule has 0 aliphatic carbocycles. The van der Waals surface area contributed by atoms with E-state index in [1.165, 1.54) is 0 Å². The molecule has 3 nitrogen and oxygen atoms in total. The van der Waals surface area contributed by atoms with Crippen molar-refractivity contribution in [3.63, 3.8) is 0 Å². The summed E-state index contributed by atoms with van der Waals surface area (Å²) in [4.78, 5) is 12.9. The van der Waals surface area contributed by atoms with Crippen molar-refractivity contribution in [3.05, 3.63) is 58.7 Å². The molecule has 128 valence electrons. The zero-order chi connectivity index (χ0) is 18.3.